The number of rotatable bonds is 1. The van der Waals surface area contributed by atoms with Crippen LogP contribution in [-0.4, -0.2) is 9.97 Å². The van der Waals surface area contributed by atoms with Crippen LogP contribution in [0.15, 0.2) is 58.1 Å². The van der Waals surface area contributed by atoms with Gasteiger partial charge in [0.15, 0.2) is 10.0 Å². The summed E-state index contributed by atoms with van der Waals surface area (Å²) in [6.07, 6.45) is 0. The second kappa shape index (κ2) is 5.08. The normalized spacial score (nSPS) is 11.1. The molecule has 2 heterocycles. The monoisotopic (exact) mass is 324 g/mol. The maximum atomic E-state index is 12.1. The molecule has 0 bridgehead atoms. The minimum atomic E-state index is -0.293. The first-order valence-corrected chi connectivity index (χ1v) is 8.16. The summed E-state index contributed by atoms with van der Waals surface area (Å²) in [6.45, 7) is 0. The smallest absolute Gasteiger partial charge is 0.267 e. The highest BCUT2D eigenvalue weighted by Gasteiger charge is 2.11. The first kappa shape index (κ1) is 13.2. The molecule has 0 aliphatic rings. The van der Waals surface area contributed by atoms with Crippen molar-refractivity contribution in [3.05, 3.63) is 69.2 Å². The van der Waals surface area contributed by atoms with E-state index in [1.165, 1.54) is 22.7 Å². The Morgan fingerprint density at radius 2 is 1.05 bits per heavy atom. The molecular weight excluding hydrogens is 316 g/mol. The van der Waals surface area contributed by atoms with Gasteiger partial charge >= 0.3 is 0 Å². The molecule has 0 fully saturated rings. The Labute approximate surface area is 132 Å². The van der Waals surface area contributed by atoms with Gasteiger partial charge in [-0.25, -0.2) is 0 Å². The molecule has 0 aliphatic heterocycles. The summed E-state index contributed by atoms with van der Waals surface area (Å²) in [5, 5.41) is 2.14. The second-order valence-electron chi connectivity index (χ2n) is 4.64. The third-order valence-corrected chi connectivity index (χ3v) is 5.47. The average Bonchev–Trinajstić information content (AvgIpc) is 2.55. The number of fused-ring (bicyclic) bond motifs is 2. The third kappa shape index (κ3) is 2.13. The SMILES string of the molecule is O=c1nc(-c2nc(=O)c3ccccc3s2)sc2ccccc12. The van der Waals surface area contributed by atoms with Gasteiger partial charge in [-0.05, 0) is 24.3 Å². The van der Waals surface area contributed by atoms with E-state index in [0.717, 1.165) is 9.40 Å². The van der Waals surface area contributed by atoms with Gasteiger partial charge in [-0.3, -0.25) is 9.59 Å². The molecule has 4 aromatic rings. The van der Waals surface area contributed by atoms with E-state index in [0.29, 0.717) is 20.8 Å². The quantitative estimate of drug-likeness (QED) is 0.539. The summed E-state index contributed by atoms with van der Waals surface area (Å²) in [4.78, 5) is 32.4. The molecule has 22 heavy (non-hydrogen) atoms. The lowest BCUT2D eigenvalue weighted by atomic mass is 10.3. The summed E-state index contributed by atoms with van der Waals surface area (Å²) in [7, 11) is 0. The van der Waals surface area contributed by atoms with Crippen LogP contribution in [-0.2, 0) is 0 Å². The van der Waals surface area contributed by atoms with Crippen molar-refractivity contribution in [3.8, 4) is 10.0 Å². The lowest BCUT2D eigenvalue weighted by Gasteiger charge is -2.01. The van der Waals surface area contributed by atoms with Crippen LogP contribution < -0.4 is 11.1 Å². The van der Waals surface area contributed by atoms with Gasteiger partial charge in [-0.1, -0.05) is 24.3 Å². The highest BCUT2D eigenvalue weighted by molar-refractivity contribution is 7.27. The van der Waals surface area contributed by atoms with E-state index in [1.54, 1.807) is 12.1 Å². The Balaban J connectivity index is 2.03. The predicted octanol–water partition coefficient (Wildman–Crippen LogP) is 3.29. The summed E-state index contributed by atoms with van der Waals surface area (Å²) < 4.78 is 1.68. The van der Waals surface area contributed by atoms with Gasteiger partial charge in [0.2, 0.25) is 0 Å². The van der Waals surface area contributed by atoms with Crippen LogP contribution in [0.5, 0.6) is 0 Å². The van der Waals surface area contributed by atoms with Gasteiger partial charge in [-0.2, -0.15) is 9.97 Å². The molecule has 0 unspecified atom stereocenters. The number of aromatic nitrogens is 2. The van der Waals surface area contributed by atoms with E-state index in [4.69, 9.17) is 0 Å². The number of nitrogens with zero attached hydrogens (tertiary/aromatic N) is 2. The molecule has 4 rings (SSSR count). The Kier molecular flexibility index (Phi) is 3.06. The van der Waals surface area contributed by atoms with E-state index in [-0.39, 0.29) is 11.1 Å². The predicted molar refractivity (Wildman–Crippen MR) is 90.8 cm³/mol. The Morgan fingerprint density at radius 3 is 1.50 bits per heavy atom. The standard InChI is InChI=1S/C16H8N2O2S2/c19-13-9-5-1-3-7-11(9)21-15(17-13)16-18-14(20)10-6-2-4-8-12(10)22-16/h1-8H. The summed E-state index contributed by atoms with van der Waals surface area (Å²) in [5.74, 6) is 0. The molecule has 0 saturated carbocycles. The fourth-order valence-electron chi connectivity index (χ4n) is 2.21. The van der Waals surface area contributed by atoms with Gasteiger partial charge in [0.1, 0.15) is 0 Å². The zero-order valence-corrected chi connectivity index (χ0v) is 12.8. The molecule has 0 saturated heterocycles. The van der Waals surface area contributed by atoms with Crippen molar-refractivity contribution in [1.82, 2.24) is 9.97 Å². The van der Waals surface area contributed by atoms with E-state index in [1.807, 2.05) is 36.4 Å². The van der Waals surface area contributed by atoms with Gasteiger partial charge in [0.05, 0.1) is 10.8 Å². The molecule has 0 atom stereocenters. The number of hydrogen-bond donors (Lipinski definition) is 0. The molecule has 4 nitrogen and oxygen atoms in total. The van der Waals surface area contributed by atoms with E-state index < -0.39 is 0 Å². The summed E-state index contributed by atoms with van der Waals surface area (Å²) in [6, 6.07) is 14.6. The molecule has 2 aromatic carbocycles. The molecule has 0 spiro atoms. The van der Waals surface area contributed by atoms with E-state index in [9.17, 15) is 9.59 Å². The average molecular weight is 324 g/mol. The number of benzene rings is 2. The lowest BCUT2D eigenvalue weighted by Crippen LogP contribution is -2.09. The zero-order chi connectivity index (χ0) is 15.1. The maximum absolute atomic E-state index is 12.1. The van der Waals surface area contributed by atoms with Crippen molar-refractivity contribution in [2.45, 2.75) is 0 Å². The van der Waals surface area contributed by atoms with E-state index >= 15 is 0 Å². The first-order valence-electron chi connectivity index (χ1n) is 6.52. The zero-order valence-electron chi connectivity index (χ0n) is 11.1. The van der Waals surface area contributed by atoms with Crippen molar-refractivity contribution >= 4 is 42.8 Å². The van der Waals surface area contributed by atoms with Crippen LogP contribution >= 0.6 is 22.7 Å². The van der Waals surface area contributed by atoms with Gasteiger partial charge in [0, 0.05) is 9.40 Å². The van der Waals surface area contributed by atoms with Gasteiger partial charge in [0.25, 0.3) is 11.1 Å². The van der Waals surface area contributed by atoms with Crippen molar-refractivity contribution < 1.29 is 0 Å². The van der Waals surface area contributed by atoms with Crippen LogP contribution in [0, 0.1) is 0 Å². The number of hydrogen-bond acceptors (Lipinski definition) is 6. The fraction of sp³-hybridized carbons (Fsp3) is 0. The second-order valence-corrected chi connectivity index (χ2v) is 6.70. The molecule has 0 N–H and O–H groups in total. The summed E-state index contributed by atoms with van der Waals surface area (Å²) >= 11 is 2.74. The molecule has 2 aromatic heterocycles. The Hall–Kier alpha value is -2.44. The highest BCUT2D eigenvalue weighted by Crippen LogP contribution is 2.29. The topological polar surface area (TPSA) is 59.9 Å². The van der Waals surface area contributed by atoms with E-state index in [2.05, 4.69) is 9.97 Å². The molecular formula is C16H8N2O2S2. The maximum Gasteiger partial charge on any atom is 0.279 e. The highest BCUT2D eigenvalue weighted by atomic mass is 32.1. The largest absolute Gasteiger partial charge is 0.279 e. The lowest BCUT2D eigenvalue weighted by molar-refractivity contribution is 1.26. The van der Waals surface area contributed by atoms with Crippen LogP contribution in [0.3, 0.4) is 0 Å². The van der Waals surface area contributed by atoms with Crippen LogP contribution in [0.4, 0.5) is 0 Å². The summed E-state index contributed by atoms with van der Waals surface area (Å²) in [5.41, 5.74) is -0.585. The van der Waals surface area contributed by atoms with Gasteiger partial charge in [-0.15, -0.1) is 22.7 Å². The molecule has 0 radical (unpaired) electrons. The van der Waals surface area contributed by atoms with Crippen molar-refractivity contribution in [3.63, 3.8) is 0 Å². The van der Waals surface area contributed by atoms with Crippen molar-refractivity contribution in [2.24, 2.45) is 0 Å². The minimum Gasteiger partial charge on any atom is -0.267 e. The Morgan fingerprint density at radius 1 is 0.636 bits per heavy atom. The van der Waals surface area contributed by atoms with Crippen molar-refractivity contribution in [1.29, 1.82) is 0 Å². The fourth-order valence-corrected chi connectivity index (χ4v) is 4.22. The Bertz CT molecular complexity index is 1040. The molecule has 0 amide bonds. The van der Waals surface area contributed by atoms with Crippen molar-refractivity contribution in [2.75, 3.05) is 0 Å². The molecule has 106 valence electrons. The molecule has 0 aliphatic carbocycles. The van der Waals surface area contributed by atoms with Crippen LogP contribution in [0.1, 0.15) is 0 Å². The van der Waals surface area contributed by atoms with Crippen LogP contribution in [0.2, 0.25) is 0 Å². The van der Waals surface area contributed by atoms with Crippen LogP contribution in [0.25, 0.3) is 30.2 Å². The molecule has 6 heteroatoms. The first-order chi connectivity index (χ1) is 10.7. The van der Waals surface area contributed by atoms with Gasteiger partial charge < -0.3 is 0 Å². The third-order valence-electron chi connectivity index (χ3n) is 3.24. The minimum absolute atomic E-state index is 0.293.